The summed E-state index contributed by atoms with van der Waals surface area (Å²) in [6.45, 7) is 8.17. The number of piperidine rings is 1. The smallest absolute Gasteiger partial charge is 0.255 e. The van der Waals surface area contributed by atoms with Crippen LogP contribution >= 0.6 is 0 Å². The van der Waals surface area contributed by atoms with Crippen LogP contribution in [0.5, 0.6) is 0 Å². The maximum Gasteiger partial charge on any atom is 0.255 e. The molecule has 4 aromatic heterocycles. The summed E-state index contributed by atoms with van der Waals surface area (Å²) < 4.78 is 20.9. The van der Waals surface area contributed by atoms with E-state index in [9.17, 15) is 9.18 Å². The number of halogens is 1. The molecule has 1 amide bonds. The third-order valence-electron chi connectivity index (χ3n) is 7.74. The first-order chi connectivity index (χ1) is 19.3. The van der Waals surface area contributed by atoms with Crippen molar-refractivity contribution in [1.29, 1.82) is 0 Å². The molecule has 1 unspecified atom stereocenters. The van der Waals surface area contributed by atoms with E-state index in [0.717, 1.165) is 34.5 Å². The largest absolute Gasteiger partial charge is 0.363 e. The lowest BCUT2D eigenvalue weighted by Gasteiger charge is -2.47. The molecule has 2 fully saturated rings. The summed E-state index contributed by atoms with van der Waals surface area (Å²) in [7, 11) is 0. The van der Waals surface area contributed by atoms with Crippen molar-refractivity contribution >= 4 is 11.9 Å². The fraction of sp³-hybridized carbons (Fsp3) is 0.429. The second-order valence-electron chi connectivity index (χ2n) is 10.6. The molecule has 0 saturated carbocycles. The van der Waals surface area contributed by atoms with Crippen molar-refractivity contribution in [3.05, 3.63) is 77.0 Å². The topological polar surface area (TPSA) is 118 Å². The van der Waals surface area contributed by atoms with Gasteiger partial charge in [-0.3, -0.25) is 9.89 Å². The number of carbonyl (C=O) groups excluding carboxylic acids is 1. The number of rotatable bonds is 6. The fourth-order valence-electron chi connectivity index (χ4n) is 5.55. The maximum absolute atomic E-state index is 13.8. The zero-order valence-electron chi connectivity index (χ0n) is 22.8. The van der Waals surface area contributed by atoms with Crippen molar-refractivity contribution in [3.63, 3.8) is 0 Å². The number of ether oxygens (including phenoxy) is 1. The molecule has 0 aromatic carbocycles. The zero-order chi connectivity index (χ0) is 27.9. The lowest BCUT2D eigenvalue weighted by molar-refractivity contribution is -0.178. The van der Waals surface area contributed by atoms with Gasteiger partial charge in [-0.1, -0.05) is 6.07 Å². The second kappa shape index (κ2) is 10.4. The maximum atomic E-state index is 13.8. The molecule has 1 spiro atoms. The number of amides is 1. The van der Waals surface area contributed by atoms with Gasteiger partial charge in [-0.15, -0.1) is 0 Å². The van der Waals surface area contributed by atoms with E-state index >= 15 is 0 Å². The Kier molecular flexibility index (Phi) is 6.78. The minimum absolute atomic E-state index is 0.00359. The summed E-state index contributed by atoms with van der Waals surface area (Å²) in [5, 5.41) is 11.3. The van der Waals surface area contributed by atoms with Crippen molar-refractivity contribution in [2.45, 2.75) is 51.7 Å². The van der Waals surface area contributed by atoms with Crippen molar-refractivity contribution in [1.82, 2.24) is 39.8 Å². The predicted molar refractivity (Wildman–Crippen MR) is 144 cm³/mol. The molecule has 2 saturated heterocycles. The molecular formula is C28H32FN9O2. The number of aromatic nitrogens is 7. The Bertz CT molecular complexity index is 1510. The van der Waals surface area contributed by atoms with Gasteiger partial charge in [0.05, 0.1) is 36.4 Å². The third-order valence-corrected chi connectivity index (χ3v) is 7.74. The zero-order valence-corrected chi connectivity index (χ0v) is 22.8. The monoisotopic (exact) mass is 545 g/mol. The molecule has 6 rings (SSSR count). The molecule has 0 radical (unpaired) electrons. The number of nitrogens with one attached hydrogen (secondary N) is 1. The van der Waals surface area contributed by atoms with Gasteiger partial charge >= 0.3 is 0 Å². The van der Waals surface area contributed by atoms with Crippen LogP contribution in [0.3, 0.4) is 0 Å². The van der Waals surface area contributed by atoms with Crippen LogP contribution in [-0.4, -0.2) is 77.6 Å². The molecule has 208 valence electrons. The molecule has 12 heteroatoms. The van der Waals surface area contributed by atoms with E-state index in [2.05, 4.69) is 30.2 Å². The van der Waals surface area contributed by atoms with Crippen molar-refractivity contribution in [3.8, 4) is 5.82 Å². The Morgan fingerprint density at radius 2 is 1.93 bits per heavy atom. The SMILES string of the molecule is Cc1cc(Cc2cc(C)[nH]n2)nc(N2CCC3(CC2)OCCN(C(C)c2ccc(-n4cc(F)cn4)nc2)C3=O)n1. The Labute approximate surface area is 231 Å². The van der Waals surface area contributed by atoms with Crippen molar-refractivity contribution in [2.24, 2.45) is 0 Å². The van der Waals surface area contributed by atoms with E-state index in [0.29, 0.717) is 57.3 Å². The van der Waals surface area contributed by atoms with E-state index in [1.807, 2.05) is 43.9 Å². The van der Waals surface area contributed by atoms with Gasteiger partial charge in [-0.2, -0.15) is 10.2 Å². The quantitative estimate of drug-likeness (QED) is 0.393. The molecule has 6 heterocycles. The number of aromatic amines is 1. The van der Waals surface area contributed by atoms with E-state index in [-0.39, 0.29) is 11.9 Å². The summed E-state index contributed by atoms with van der Waals surface area (Å²) in [5.74, 6) is 0.767. The van der Waals surface area contributed by atoms with Gasteiger partial charge in [0.25, 0.3) is 5.91 Å². The van der Waals surface area contributed by atoms with Crippen LogP contribution in [-0.2, 0) is 16.0 Å². The number of aryl methyl sites for hydroxylation is 2. The lowest BCUT2D eigenvalue weighted by atomic mass is 9.87. The van der Waals surface area contributed by atoms with E-state index in [1.165, 1.54) is 10.9 Å². The van der Waals surface area contributed by atoms with E-state index in [4.69, 9.17) is 9.72 Å². The second-order valence-corrected chi connectivity index (χ2v) is 10.6. The van der Waals surface area contributed by atoms with Crippen LogP contribution in [0.25, 0.3) is 5.82 Å². The fourth-order valence-corrected chi connectivity index (χ4v) is 5.55. The Balaban J connectivity index is 1.13. The van der Waals surface area contributed by atoms with Crippen LogP contribution in [0.2, 0.25) is 0 Å². The standard InChI is InChI=1S/C28H32FN9O2/c1-18-12-23(14-24-13-19(2)34-35-24)33-27(32-18)36-8-6-28(7-9-36)26(39)37(10-11-40-28)20(3)21-4-5-25(30-15-21)38-17-22(29)16-31-38/h4-5,12-13,15-17,20H,6-11,14H2,1-3H3,(H,34,35). The average Bonchev–Trinajstić information content (AvgIpc) is 3.57. The number of pyridine rings is 1. The average molecular weight is 546 g/mol. The van der Waals surface area contributed by atoms with Gasteiger partial charge in [0.15, 0.2) is 11.6 Å². The summed E-state index contributed by atoms with van der Waals surface area (Å²) in [4.78, 5) is 31.8. The Morgan fingerprint density at radius 3 is 2.60 bits per heavy atom. The molecule has 2 aliphatic rings. The van der Waals surface area contributed by atoms with Crippen LogP contribution in [0.4, 0.5) is 10.3 Å². The summed E-state index contributed by atoms with van der Waals surface area (Å²) in [6.07, 6.45) is 5.87. The highest BCUT2D eigenvalue weighted by atomic mass is 19.1. The summed E-state index contributed by atoms with van der Waals surface area (Å²) in [5.41, 5.74) is 3.80. The molecular weight excluding hydrogens is 513 g/mol. The van der Waals surface area contributed by atoms with Gasteiger partial charge < -0.3 is 14.5 Å². The van der Waals surface area contributed by atoms with Crippen LogP contribution in [0.15, 0.2) is 42.9 Å². The molecule has 0 aliphatic carbocycles. The number of nitrogens with zero attached hydrogens (tertiary/aromatic N) is 8. The normalized spacial score (nSPS) is 17.9. The van der Waals surface area contributed by atoms with Gasteiger partial charge in [0, 0.05) is 56.5 Å². The van der Waals surface area contributed by atoms with Crippen molar-refractivity contribution < 1.29 is 13.9 Å². The molecule has 0 bridgehead atoms. The lowest BCUT2D eigenvalue weighted by Crippen LogP contribution is -2.61. The minimum atomic E-state index is -0.859. The van der Waals surface area contributed by atoms with Gasteiger partial charge in [-0.25, -0.2) is 24.0 Å². The number of morpholine rings is 1. The van der Waals surface area contributed by atoms with Gasteiger partial charge in [0.2, 0.25) is 5.95 Å². The van der Waals surface area contributed by atoms with E-state index < -0.39 is 11.4 Å². The first-order valence-electron chi connectivity index (χ1n) is 13.5. The highest BCUT2D eigenvalue weighted by Gasteiger charge is 2.48. The van der Waals surface area contributed by atoms with Gasteiger partial charge in [0.1, 0.15) is 5.60 Å². The third kappa shape index (κ3) is 5.06. The van der Waals surface area contributed by atoms with Crippen LogP contribution in [0.1, 0.15) is 54.1 Å². The molecule has 2 aliphatic heterocycles. The summed E-state index contributed by atoms with van der Waals surface area (Å²) in [6, 6.07) is 7.50. The van der Waals surface area contributed by atoms with Crippen LogP contribution in [0, 0.1) is 19.7 Å². The highest BCUT2D eigenvalue weighted by molar-refractivity contribution is 5.86. The Morgan fingerprint density at radius 1 is 1.10 bits per heavy atom. The molecule has 1 N–H and O–H groups in total. The molecule has 11 nitrogen and oxygen atoms in total. The molecule has 40 heavy (non-hydrogen) atoms. The van der Waals surface area contributed by atoms with Crippen LogP contribution < -0.4 is 4.90 Å². The highest BCUT2D eigenvalue weighted by Crippen LogP contribution is 2.36. The molecule has 1 atom stereocenters. The first-order valence-corrected chi connectivity index (χ1v) is 13.5. The van der Waals surface area contributed by atoms with Crippen molar-refractivity contribution in [2.75, 3.05) is 31.1 Å². The predicted octanol–water partition coefficient (Wildman–Crippen LogP) is 3.09. The first kappa shape index (κ1) is 26.1. The Hall–Kier alpha value is -4.19. The summed E-state index contributed by atoms with van der Waals surface area (Å²) >= 11 is 0. The molecule has 4 aromatic rings. The number of carbonyl (C=O) groups is 1. The minimum Gasteiger partial charge on any atom is -0.363 e. The van der Waals surface area contributed by atoms with Gasteiger partial charge in [-0.05, 0) is 44.5 Å². The number of anilines is 1. The number of H-pyrrole nitrogens is 1. The number of hydrogen-bond donors (Lipinski definition) is 1. The number of hydrogen-bond acceptors (Lipinski definition) is 8. The van der Waals surface area contributed by atoms with E-state index in [1.54, 1.807) is 12.3 Å².